The van der Waals surface area contributed by atoms with Gasteiger partial charge in [0, 0.05) is 32.5 Å². The molecule has 2 heterocycles. The van der Waals surface area contributed by atoms with E-state index in [-0.39, 0.29) is 17.8 Å². The summed E-state index contributed by atoms with van der Waals surface area (Å²) in [6, 6.07) is 0.301. The first-order valence-corrected chi connectivity index (χ1v) is 7.36. The number of rotatable bonds is 2. The largest absolute Gasteiger partial charge is 0.368 e. The Morgan fingerprint density at radius 1 is 1.11 bits per heavy atom. The number of hydrogen-bond donors (Lipinski definition) is 0. The lowest BCUT2D eigenvalue weighted by Crippen LogP contribution is -2.47. The van der Waals surface area contributed by atoms with Gasteiger partial charge in [-0.05, 0) is 25.7 Å². The second-order valence-electron chi connectivity index (χ2n) is 5.79. The number of amides is 1. The van der Waals surface area contributed by atoms with Crippen molar-refractivity contribution in [2.45, 2.75) is 56.5 Å². The first-order chi connectivity index (χ1) is 9.20. The summed E-state index contributed by atoms with van der Waals surface area (Å²) in [5.41, 5.74) is 0. The molecule has 1 saturated carbocycles. The number of carbonyl (C=O) groups excluding carboxylic acids is 1. The molecule has 0 aromatic heterocycles. The fraction of sp³-hybridized carbons (Fsp3) is 0.929. The highest BCUT2D eigenvalue weighted by Crippen LogP contribution is 2.37. The van der Waals surface area contributed by atoms with Gasteiger partial charge in [-0.15, -0.1) is 0 Å². The highest BCUT2D eigenvalue weighted by Gasteiger charge is 2.42. The Hall–Kier alpha value is -0.650. The van der Waals surface area contributed by atoms with E-state index in [4.69, 9.17) is 14.2 Å². The molecule has 108 valence electrons. The highest BCUT2D eigenvalue weighted by molar-refractivity contribution is 5.81. The van der Waals surface area contributed by atoms with Gasteiger partial charge < -0.3 is 19.1 Å². The van der Waals surface area contributed by atoms with Crippen LogP contribution in [0.15, 0.2) is 0 Å². The standard InChI is InChI=1S/C14H23NO4/c1-15(13(16)12-3-2-8-17-12)11-4-6-14(7-5-11)18-9-10-19-14/h11-12H,2-10H2,1H3. The van der Waals surface area contributed by atoms with E-state index in [1.807, 2.05) is 11.9 Å². The van der Waals surface area contributed by atoms with Crippen molar-refractivity contribution in [2.75, 3.05) is 26.9 Å². The van der Waals surface area contributed by atoms with Crippen molar-refractivity contribution in [3.63, 3.8) is 0 Å². The lowest BCUT2D eigenvalue weighted by Gasteiger charge is -2.39. The van der Waals surface area contributed by atoms with Gasteiger partial charge >= 0.3 is 0 Å². The van der Waals surface area contributed by atoms with E-state index >= 15 is 0 Å². The van der Waals surface area contributed by atoms with Crippen LogP contribution in [0.2, 0.25) is 0 Å². The van der Waals surface area contributed by atoms with E-state index in [1.54, 1.807) is 0 Å². The molecule has 0 aromatic rings. The van der Waals surface area contributed by atoms with Crippen molar-refractivity contribution < 1.29 is 19.0 Å². The lowest BCUT2D eigenvalue weighted by atomic mass is 9.89. The highest BCUT2D eigenvalue weighted by atomic mass is 16.7. The van der Waals surface area contributed by atoms with Crippen LogP contribution in [0.3, 0.4) is 0 Å². The summed E-state index contributed by atoms with van der Waals surface area (Å²) in [4.78, 5) is 14.2. The van der Waals surface area contributed by atoms with E-state index in [2.05, 4.69) is 0 Å². The van der Waals surface area contributed by atoms with Gasteiger partial charge in [0.15, 0.2) is 5.79 Å². The minimum absolute atomic E-state index is 0.145. The Labute approximate surface area is 114 Å². The molecule has 5 nitrogen and oxygen atoms in total. The van der Waals surface area contributed by atoms with Crippen LogP contribution in [0.5, 0.6) is 0 Å². The van der Waals surface area contributed by atoms with Crippen LogP contribution in [-0.2, 0) is 19.0 Å². The Morgan fingerprint density at radius 2 is 1.79 bits per heavy atom. The van der Waals surface area contributed by atoms with E-state index < -0.39 is 0 Å². The maximum absolute atomic E-state index is 12.3. The van der Waals surface area contributed by atoms with Gasteiger partial charge in [0.2, 0.25) is 0 Å². The molecule has 1 atom stereocenters. The summed E-state index contributed by atoms with van der Waals surface area (Å²) in [5.74, 6) is -0.198. The van der Waals surface area contributed by atoms with Gasteiger partial charge in [-0.3, -0.25) is 4.79 Å². The van der Waals surface area contributed by atoms with Crippen LogP contribution in [0, 0.1) is 0 Å². The Balaban J connectivity index is 1.54. The molecule has 2 saturated heterocycles. The maximum atomic E-state index is 12.3. The molecule has 3 aliphatic rings. The zero-order chi connectivity index (χ0) is 13.3. The van der Waals surface area contributed by atoms with Crippen molar-refractivity contribution in [1.82, 2.24) is 4.90 Å². The summed E-state index contributed by atoms with van der Waals surface area (Å²) in [5, 5.41) is 0. The molecule has 19 heavy (non-hydrogen) atoms. The number of nitrogens with zero attached hydrogens (tertiary/aromatic N) is 1. The summed E-state index contributed by atoms with van der Waals surface area (Å²) >= 11 is 0. The number of ether oxygens (including phenoxy) is 3. The first-order valence-electron chi connectivity index (χ1n) is 7.36. The maximum Gasteiger partial charge on any atom is 0.251 e. The molecule has 1 unspecified atom stereocenters. The van der Waals surface area contributed by atoms with Gasteiger partial charge in [-0.2, -0.15) is 0 Å². The summed E-state index contributed by atoms with van der Waals surface area (Å²) in [6.45, 7) is 2.13. The minimum Gasteiger partial charge on any atom is -0.368 e. The van der Waals surface area contributed by atoms with Crippen LogP contribution in [-0.4, -0.2) is 55.6 Å². The molecule has 5 heteroatoms. The third kappa shape index (κ3) is 2.64. The predicted molar refractivity (Wildman–Crippen MR) is 68.6 cm³/mol. The molecule has 0 N–H and O–H groups in total. The second-order valence-corrected chi connectivity index (χ2v) is 5.79. The van der Waals surface area contributed by atoms with E-state index in [0.717, 1.165) is 45.1 Å². The van der Waals surface area contributed by atoms with E-state index in [1.165, 1.54) is 0 Å². The SMILES string of the molecule is CN(C(=O)C1CCCO1)C1CCC2(CC1)OCCO2. The third-order valence-electron chi connectivity index (χ3n) is 4.63. The topological polar surface area (TPSA) is 48.0 Å². The molecular formula is C14H23NO4. The van der Waals surface area contributed by atoms with Crippen molar-refractivity contribution in [2.24, 2.45) is 0 Å². The quantitative estimate of drug-likeness (QED) is 0.758. The Kier molecular flexibility index (Phi) is 3.78. The van der Waals surface area contributed by atoms with Crippen molar-refractivity contribution in [3.8, 4) is 0 Å². The van der Waals surface area contributed by atoms with Gasteiger partial charge in [-0.25, -0.2) is 0 Å². The summed E-state index contributed by atoms with van der Waals surface area (Å²) in [7, 11) is 1.91. The lowest BCUT2D eigenvalue weighted by molar-refractivity contribution is -0.185. The summed E-state index contributed by atoms with van der Waals surface area (Å²) < 4.78 is 16.9. The normalized spacial score (nSPS) is 30.9. The molecule has 3 fully saturated rings. The molecular weight excluding hydrogens is 246 g/mol. The van der Waals surface area contributed by atoms with Crippen molar-refractivity contribution in [3.05, 3.63) is 0 Å². The number of hydrogen-bond acceptors (Lipinski definition) is 4. The third-order valence-corrected chi connectivity index (χ3v) is 4.63. The van der Waals surface area contributed by atoms with Gasteiger partial charge in [-0.1, -0.05) is 0 Å². The van der Waals surface area contributed by atoms with Crippen LogP contribution in [0.4, 0.5) is 0 Å². The fourth-order valence-electron chi connectivity index (χ4n) is 3.39. The Bertz CT molecular complexity index is 324. The summed E-state index contributed by atoms with van der Waals surface area (Å²) in [6.07, 6.45) is 5.34. The molecule has 1 amide bonds. The van der Waals surface area contributed by atoms with Crippen LogP contribution < -0.4 is 0 Å². The zero-order valence-corrected chi connectivity index (χ0v) is 11.6. The fourth-order valence-corrected chi connectivity index (χ4v) is 3.39. The predicted octanol–water partition coefficient (Wildman–Crippen LogP) is 1.31. The molecule has 2 aliphatic heterocycles. The minimum atomic E-state index is -0.343. The van der Waals surface area contributed by atoms with E-state index in [9.17, 15) is 4.79 Å². The zero-order valence-electron chi connectivity index (χ0n) is 11.6. The first kappa shape index (κ1) is 13.3. The van der Waals surface area contributed by atoms with Crippen molar-refractivity contribution >= 4 is 5.91 Å². The molecule has 0 aromatic carbocycles. The molecule has 3 rings (SSSR count). The molecule has 1 aliphatic carbocycles. The Morgan fingerprint density at radius 3 is 2.37 bits per heavy atom. The van der Waals surface area contributed by atoms with Gasteiger partial charge in [0.05, 0.1) is 13.2 Å². The number of likely N-dealkylation sites (N-methyl/N-ethyl adjacent to an activating group) is 1. The van der Waals surface area contributed by atoms with Crippen molar-refractivity contribution in [1.29, 1.82) is 0 Å². The van der Waals surface area contributed by atoms with Gasteiger partial charge in [0.25, 0.3) is 5.91 Å². The smallest absolute Gasteiger partial charge is 0.251 e. The van der Waals surface area contributed by atoms with Crippen LogP contribution >= 0.6 is 0 Å². The van der Waals surface area contributed by atoms with Gasteiger partial charge in [0.1, 0.15) is 6.10 Å². The van der Waals surface area contributed by atoms with Crippen LogP contribution in [0.25, 0.3) is 0 Å². The number of carbonyl (C=O) groups is 1. The molecule has 0 bridgehead atoms. The molecule has 0 radical (unpaired) electrons. The monoisotopic (exact) mass is 269 g/mol. The van der Waals surface area contributed by atoms with E-state index in [0.29, 0.717) is 19.3 Å². The average Bonchev–Trinajstić information content (AvgIpc) is 3.10. The average molecular weight is 269 g/mol. The molecule has 1 spiro atoms. The second kappa shape index (κ2) is 5.38. The van der Waals surface area contributed by atoms with Crippen LogP contribution in [0.1, 0.15) is 38.5 Å².